The van der Waals surface area contributed by atoms with Gasteiger partial charge in [0.25, 0.3) is 0 Å². The molecule has 0 heterocycles. The largest absolute Gasteiger partial charge is 0.380 e. The van der Waals surface area contributed by atoms with Crippen LogP contribution in [-0.2, 0) is 4.74 Å². The Hall–Kier alpha value is -0.0800. The molecule has 0 fully saturated rings. The second-order valence-corrected chi connectivity index (χ2v) is 3.14. The van der Waals surface area contributed by atoms with Crippen LogP contribution in [-0.4, -0.2) is 25.8 Å². The normalized spacial score (nSPS) is 16.0. The summed E-state index contributed by atoms with van der Waals surface area (Å²) in [7, 11) is 1.81. The molecule has 12 heavy (non-hydrogen) atoms. The molecule has 74 valence electrons. The molecule has 2 heteroatoms. The summed E-state index contributed by atoms with van der Waals surface area (Å²) in [6.45, 7) is 7.57. The minimum absolute atomic E-state index is 0.389. The van der Waals surface area contributed by atoms with Crippen LogP contribution >= 0.6 is 0 Å². The highest BCUT2D eigenvalue weighted by atomic mass is 16.5. The maximum Gasteiger partial charge on any atom is 0.0724 e. The lowest BCUT2D eigenvalue weighted by atomic mass is 10.0. The van der Waals surface area contributed by atoms with Crippen LogP contribution in [0, 0.1) is 0 Å². The Morgan fingerprint density at radius 1 is 1.25 bits per heavy atom. The van der Waals surface area contributed by atoms with Crippen LogP contribution in [0.15, 0.2) is 0 Å². The standard InChI is InChI=1S/C10H23NO/c1-5-8-10(12-4)9(6-2)11-7-3/h9-11H,5-8H2,1-4H3. The van der Waals surface area contributed by atoms with Gasteiger partial charge in [0, 0.05) is 13.2 Å². The monoisotopic (exact) mass is 173 g/mol. The van der Waals surface area contributed by atoms with E-state index in [0.717, 1.165) is 19.4 Å². The van der Waals surface area contributed by atoms with Gasteiger partial charge in [-0.05, 0) is 19.4 Å². The number of likely N-dealkylation sites (N-methyl/N-ethyl adjacent to an activating group) is 1. The summed E-state index contributed by atoms with van der Waals surface area (Å²) in [4.78, 5) is 0. The average Bonchev–Trinajstić information content (AvgIpc) is 2.11. The number of hydrogen-bond acceptors (Lipinski definition) is 2. The molecule has 0 bridgehead atoms. The highest BCUT2D eigenvalue weighted by Gasteiger charge is 2.16. The Balaban J connectivity index is 3.84. The minimum Gasteiger partial charge on any atom is -0.380 e. The highest BCUT2D eigenvalue weighted by Crippen LogP contribution is 2.09. The van der Waals surface area contributed by atoms with E-state index in [0.29, 0.717) is 12.1 Å². The van der Waals surface area contributed by atoms with Gasteiger partial charge >= 0.3 is 0 Å². The second-order valence-electron chi connectivity index (χ2n) is 3.14. The molecule has 0 rings (SSSR count). The molecular weight excluding hydrogens is 150 g/mol. The molecule has 2 atom stereocenters. The third-order valence-corrected chi connectivity index (χ3v) is 2.23. The Morgan fingerprint density at radius 3 is 2.25 bits per heavy atom. The fraction of sp³-hybridized carbons (Fsp3) is 1.00. The van der Waals surface area contributed by atoms with E-state index < -0.39 is 0 Å². The van der Waals surface area contributed by atoms with Gasteiger partial charge in [-0.3, -0.25) is 0 Å². The molecule has 0 aliphatic rings. The van der Waals surface area contributed by atoms with Crippen LogP contribution < -0.4 is 5.32 Å². The van der Waals surface area contributed by atoms with Gasteiger partial charge < -0.3 is 10.1 Å². The molecular formula is C10H23NO. The van der Waals surface area contributed by atoms with Crippen LogP contribution in [0.1, 0.15) is 40.0 Å². The van der Waals surface area contributed by atoms with E-state index in [1.807, 2.05) is 0 Å². The molecule has 0 aliphatic carbocycles. The van der Waals surface area contributed by atoms with E-state index in [1.54, 1.807) is 7.11 Å². The van der Waals surface area contributed by atoms with Crippen LogP contribution in [0.3, 0.4) is 0 Å². The molecule has 0 aromatic heterocycles. The van der Waals surface area contributed by atoms with Crippen LogP contribution in [0.25, 0.3) is 0 Å². The third-order valence-electron chi connectivity index (χ3n) is 2.23. The van der Waals surface area contributed by atoms with Crippen molar-refractivity contribution in [1.29, 1.82) is 0 Å². The summed E-state index contributed by atoms with van der Waals surface area (Å²) < 4.78 is 5.43. The third kappa shape index (κ3) is 4.07. The summed E-state index contributed by atoms with van der Waals surface area (Å²) in [5.41, 5.74) is 0. The van der Waals surface area contributed by atoms with E-state index >= 15 is 0 Å². The molecule has 2 unspecified atom stereocenters. The van der Waals surface area contributed by atoms with Gasteiger partial charge in [0.05, 0.1) is 6.10 Å². The van der Waals surface area contributed by atoms with Crippen molar-refractivity contribution in [2.24, 2.45) is 0 Å². The number of hydrogen-bond donors (Lipinski definition) is 1. The van der Waals surface area contributed by atoms with E-state index in [9.17, 15) is 0 Å². The van der Waals surface area contributed by atoms with Crippen molar-refractivity contribution in [1.82, 2.24) is 5.32 Å². The topological polar surface area (TPSA) is 21.3 Å². The Kier molecular flexibility index (Phi) is 7.51. The predicted octanol–water partition coefficient (Wildman–Crippen LogP) is 2.19. The predicted molar refractivity (Wildman–Crippen MR) is 53.5 cm³/mol. The van der Waals surface area contributed by atoms with Crippen molar-refractivity contribution < 1.29 is 4.74 Å². The molecule has 0 aromatic rings. The van der Waals surface area contributed by atoms with E-state index in [1.165, 1.54) is 6.42 Å². The van der Waals surface area contributed by atoms with Gasteiger partial charge in [-0.25, -0.2) is 0 Å². The number of methoxy groups -OCH3 is 1. The summed E-state index contributed by atoms with van der Waals surface area (Å²) in [5, 5.41) is 3.44. The van der Waals surface area contributed by atoms with E-state index in [-0.39, 0.29) is 0 Å². The lowest BCUT2D eigenvalue weighted by Crippen LogP contribution is -2.40. The first-order valence-corrected chi connectivity index (χ1v) is 5.06. The Labute approximate surface area is 76.7 Å². The van der Waals surface area contributed by atoms with Gasteiger partial charge in [0.15, 0.2) is 0 Å². The maximum atomic E-state index is 5.43. The molecule has 0 aromatic carbocycles. The van der Waals surface area contributed by atoms with Crippen LogP contribution in [0.5, 0.6) is 0 Å². The van der Waals surface area contributed by atoms with Crippen molar-refractivity contribution in [3.8, 4) is 0 Å². The zero-order valence-corrected chi connectivity index (χ0v) is 8.89. The molecule has 0 radical (unpaired) electrons. The fourth-order valence-corrected chi connectivity index (χ4v) is 1.57. The van der Waals surface area contributed by atoms with Gasteiger partial charge in [-0.15, -0.1) is 0 Å². The zero-order chi connectivity index (χ0) is 9.40. The molecule has 1 N–H and O–H groups in total. The molecule has 0 saturated carbocycles. The van der Waals surface area contributed by atoms with Gasteiger partial charge in [-0.1, -0.05) is 27.2 Å². The minimum atomic E-state index is 0.389. The average molecular weight is 173 g/mol. The fourth-order valence-electron chi connectivity index (χ4n) is 1.57. The summed E-state index contributed by atoms with van der Waals surface area (Å²) in [5.74, 6) is 0. The molecule has 0 aliphatic heterocycles. The van der Waals surface area contributed by atoms with Crippen molar-refractivity contribution in [2.75, 3.05) is 13.7 Å². The Bertz CT molecular complexity index is 83.8. The van der Waals surface area contributed by atoms with E-state index in [4.69, 9.17) is 4.74 Å². The first-order valence-electron chi connectivity index (χ1n) is 5.06. The van der Waals surface area contributed by atoms with Crippen LogP contribution in [0.4, 0.5) is 0 Å². The number of ether oxygens (including phenoxy) is 1. The number of nitrogens with one attached hydrogen (secondary N) is 1. The zero-order valence-electron chi connectivity index (χ0n) is 8.89. The van der Waals surface area contributed by atoms with Crippen molar-refractivity contribution >= 4 is 0 Å². The molecule has 2 nitrogen and oxygen atoms in total. The lowest BCUT2D eigenvalue weighted by molar-refractivity contribution is 0.0602. The molecule has 0 saturated heterocycles. The number of rotatable bonds is 7. The SMILES string of the molecule is CCCC(OC)C(CC)NCC. The Morgan fingerprint density at radius 2 is 1.92 bits per heavy atom. The summed E-state index contributed by atoms with van der Waals surface area (Å²) >= 11 is 0. The van der Waals surface area contributed by atoms with Gasteiger partial charge in [-0.2, -0.15) is 0 Å². The quantitative estimate of drug-likeness (QED) is 0.637. The van der Waals surface area contributed by atoms with Crippen molar-refractivity contribution in [2.45, 2.75) is 52.2 Å². The summed E-state index contributed by atoms with van der Waals surface area (Å²) in [6.07, 6.45) is 3.88. The maximum absolute atomic E-state index is 5.43. The lowest BCUT2D eigenvalue weighted by Gasteiger charge is -2.25. The van der Waals surface area contributed by atoms with Crippen molar-refractivity contribution in [3.63, 3.8) is 0 Å². The second kappa shape index (κ2) is 7.56. The summed E-state index contributed by atoms with van der Waals surface area (Å²) in [6, 6.07) is 0.528. The molecule has 0 spiro atoms. The van der Waals surface area contributed by atoms with Crippen LogP contribution in [0.2, 0.25) is 0 Å². The first kappa shape index (κ1) is 11.9. The smallest absolute Gasteiger partial charge is 0.0724 e. The highest BCUT2D eigenvalue weighted by molar-refractivity contribution is 4.74. The van der Waals surface area contributed by atoms with E-state index in [2.05, 4.69) is 26.1 Å². The first-order chi connectivity index (χ1) is 5.79. The molecule has 0 amide bonds. The van der Waals surface area contributed by atoms with Gasteiger partial charge in [0.2, 0.25) is 0 Å². The van der Waals surface area contributed by atoms with Crippen molar-refractivity contribution in [3.05, 3.63) is 0 Å². The van der Waals surface area contributed by atoms with Gasteiger partial charge in [0.1, 0.15) is 0 Å².